The van der Waals surface area contributed by atoms with Crippen molar-refractivity contribution in [3.05, 3.63) is 53.3 Å². The van der Waals surface area contributed by atoms with E-state index >= 15 is 0 Å². The van der Waals surface area contributed by atoms with E-state index in [1.54, 1.807) is 16.8 Å². The van der Waals surface area contributed by atoms with Crippen molar-refractivity contribution in [2.45, 2.75) is 6.42 Å². The van der Waals surface area contributed by atoms with Crippen LogP contribution < -0.4 is 5.32 Å². The summed E-state index contributed by atoms with van der Waals surface area (Å²) in [4.78, 5) is 22.7. The number of nitrogens with one attached hydrogen (secondary N) is 1. The van der Waals surface area contributed by atoms with Crippen LogP contribution in [-0.2, 0) is 13.5 Å². The minimum absolute atomic E-state index is 0.0994. The lowest BCUT2D eigenvalue weighted by Gasteiger charge is -2.04. The summed E-state index contributed by atoms with van der Waals surface area (Å²) in [5, 5.41) is 15.8. The maximum Gasteiger partial charge on any atom is 0.335 e. The zero-order valence-corrected chi connectivity index (χ0v) is 11.0. The summed E-state index contributed by atoms with van der Waals surface area (Å²) < 4.78 is 1.70. The Kier molecular flexibility index (Phi) is 4.14. The van der Waals surface area contributed by atoms with Crippen LogP contribution >= 0.6 is 0 Å². The molecule has 0 aliphatic rings. The number of hydrogen-bond donors (Lipinski definition) is 2. The molecule has 20 heavy (non-hydrogen) atoms. The van der Waals surface area contributed by atoms with Crippen LogP contribution in [0.2, 0.25) is 0 Å². The molecule has 0 fully saturated rings. The average molecular weight is 273 g/mol. The molecule has 0 atom stereocenters. The second kappa shape index (κ2) is 6.01. The zero-order chi connectivity index (χ0) is 14.5. The molecule has 1 aromatic carbocycles. The molecule has 0 saturated heterocycles. The first kappa shape index (κ1) is 13.8. The minimum atomic E-state index is -1.05. The van der Waals surface area contributed by atoms with Gasteiger partial charge in [-0.3, -0.25) is 9.48 Å². The molecule has 0 saturated carbocycles. The first-order valence-corrected chi connectivity index (χ1v) is 6.16. The molecule has 0 aliphatic heterocycles. The lowest BCUT2D eigenvalue weighted by atomic mass is 10.1. The maximum absolute atomic E-state index is 11.9. The SMILES string of the molecule is Cn1ccc(CCNC(=O)c2cccc(C(=O)O)c2)n1. The van der Waals surface area contributed by atoms with Gasteiger partial charge in [-0.25, -0.2) is 4.79 Å². The van der Waals surface area contributed by atoms with Gasteiger partial charge in [0, 0.05) is 31.8 Å². The maximum atomic E-state index is 11.9. The molecule has 2 N–H and O–H groups in total. The first-order chi connectivity index (χ1) is 9.56. The van der Waals surface area contributed by atoms with Crippen molar-refractivity contribution in [1.82, 2.24) is 15.1 Å². The van der Waals surface area contributed by atoms with Crippen LogP contribution in [0.25, 0.3) is 0 Å². The van der Waals surface area contributed by atoms with E-state index in [1.165, 1.54) is 12.1 Å². The smallest absolute Gasteiger partial charge is 0.335 e. The molecule has 104 valence electrons. The third kappa shape index (κ3) is 3.44. The number of rotatable bonds is 5. The molecule has 6 heteroatoms. The molecule has 1 aromatic heterocycles. The summed E-state index contributed by atoms with van der Waals surface area (Å²) in [5.41, 5.74) is 1.33. The predicted octanol–water partition coefficient (Wildman–Crippen LogP) is 1.09. The van der Waals surface area contributed by atoms with E-state index in [4.69, 9.17) is 5.11 Å². The standard InChI is InChI=1S/C14H15N3O3/c1-17-8-6-12(16-17)5-7-15-13(18)10-3-2-4-11(9-10)14(19)20/h2-4,6,8-9H,5,7H2,1H3,(H,15,18)(H,19,20). The Morgan fingerprint density at radius 3 is 2.70 bits per heavy atom. The quantitative estimate of drug-likeness (QED) is 0.854. The third-order valence-corrected chi connectivity index (χ3v) is 2.81. The van der Waals surface area contributed by atoms with Crippen molar-refractivity contribution in [3.63, 3.8) is 0 Å². The van der Waals surface area contributed by atoms with Crippen molar-refractivity contribution in [2.75, 3.05) is 6.54 Å². The van der Waals surface area contributed by atoms with Crippen molar-refractivity contribution >= 4 is 11.9 Å². The summed E-state index contributed by atoms with van der Waals surface area (Å²) in [6, 6.07) is 7.84. The largest absolute Gasteiger partial charge is 0.478 e. The lowest BCUT2D eigenvalue weighted by molar-refractivity contribution is 0.0697. The van der Waals surface area contributed by atoms with Crippen LogP contribution in [0.3, 0.4) is 0 Å². The number of amides is 1. The molecule has 0 bridgehead atoms. The highest BCUT2D eigenvalue weighted by Crippen LogP contribution is 2.05. The van der Waals surface area contributed by atoms with E-state index in [1.807, 2.05) is 19.3 Å². The van der Waals surface area contributed by atoms with E-state index in [0.29, 0.717) is 18.5 Å². The highest BCUT2D eigenvalue weighted by Gasteiger charge is 2.09. The minimum Gasteiger partial charge on any atom is -0.478 e. The molecule has 2 aromatic rings. The van der Waals surface area contributed by atoms with Gasteiger partial charge in [0.25, 0.3) is 5.91 Å². The molecule has 0 radical (unpaired) electrons. The summed E-state index contributed by atoms with van der Waals surface area (Å²) in [6.45, 7) is 0.452. The van der Waals surface area contributed by atoms with Crippen LogP contribution in [0.1, 0.15) is 26.4 Å². The van der Waals surface area contributed by atoms with Crippen LogP contribution in [0.5, 0.6) is 0 Å². The molecule has 2 rings (SSSR count). The average Bonchev–Trinajstić information content (AvgIpc) is 2.84. The van der Waals surface area contributed by atoms with Gasteiger partial charge in [0.2, 0.25) is 0 Å². The number of benzene rings is 1. The zero-order valence-electron chi connectivity index (χ0n) is 11.0. The Balaban J connectivity index is 1.91. The van der Waals surface area contributed by atoms with Gasteiger partial charge in [0.05, 0.1) is 11.3 Å². The van der Waals surface area contributed by atoms with E-state index in [2.05, 4.69) is 10.4 Å². The monoisotopic (exact) mass is 273 g/mol. The number of carbonyl (C=O) groups is 2. The first-order valence-electron chi connectivity index (χ1n) is 6.16. The lowest BCUT2D eigenvalue weighted by Crippen LogP contribution is -2.26. The molecule has 0 unspecified atom stereocenters. The molecule has 6 nitrogen and oxygen atoms in total. The van der Waals surface area contributed by atoms with E-state index < -0.39 is 5.97 Å². The highest BCUT2D eigenvalue weighted by atomic mass is 16.4. The fourth-order valence-electron chi connectivity index (χ4n) is 1.80. The van der Waals surface area contributed by atoms with Gasteiger partial charge in [0.15, 0.2) is 0 Å². The fraction of sp³-hybridized carbons (Fsp3) is 0.214. The third-order valence-electron chi connectivity index (χ3n) is 2.81. The second-order valence-corrected chi connectivity index (χ2v) is 4.37. The number of aromatic nitrogens is 2. The Bertz CT molecular complexity index is 634. The van der Waals surface area contributed by atoms with E-state index in [0.717, 1.165) is 5.69 Å². The van der Waals surface area contributed by atoms with Crippen molar-refractivity contribution in [1.29, 1.82) is 0 Å². The number of hydrogen-bond acceptors (Lipinski definition) is 3. The Labute approximate surface area is 116 Å². The molecule has 0 aliphatic carbocycles. The molecule has 0 spiro atoms. The van der Waals surface area contributed by atoms with Gasteiger partial charge in [0.1, 0.15) is 0 Å². The van der Waals surface area contributed by atoms with Gasteiger partial charge in [-0.2, -0.15) is 5.10 Å². The Morgan fingerprint density at radius 2 is 2.05 bits per heavy atom. The number of aromatic carboxylic acids is 1. The van der Waals surface area contributed by atoms with Crippen LogP contribution in [0.4, 0.5) is 0 Å². The number of carboxylic acids is 1. The Hall–Kier alpha value is -2.63. The fourth-order valence-corrected chi connectivity index (χ4v) is 1.80. The van der Waals surface area contributed by atoms with Gasteiger partial charge in [-0.1, -0.05) is 6.07 Å². The molecular weight excluding hydrogens is 258 g/mol. The van der Waals surface area contributed by atoms with Crippen molar-refractivity contribution in [3.8, 4) is 0 Å². The Morgan fingerprint density at radius 1 is 1.30 bits per heavy atom. The number of nitrogens with zero attached hydrogens (tertiary/aromatic N) is 2. The molecule has 1 heterocycles. The van der Waals surface area contributed by atoms with Gasteiger partial charge in [-0.15, -0.1) is 0 Å². The molecular formula is C14H15N3O3. The summed E-state index contributed by atoms with van der Waals surface area (Å²) in [6.07, 6.45) is 2.47. The van der Waals surface area contributed by atoms with Crippen molar-refractivity contribution < 1.29 is 14.7 Å². The van der Waals surface area contributed by atoms with Gasteiger partial charge >= 0.3 is 5.97 Å². The van der Waals surface area contributed by atoms with Crippen LogP contribution in [-0.4, -0.2) is 33.3 Å². The van der Waals surface area contributed by atoms with Crippen LogP contribution in [0, 0.1) is 0 Å². The van der Waals surface area contributed by atoms with E-state index in [-0.39, 0.29) is 11.5 Å². The predicted molar refractivity (Wildman–Crippen MR) is 72.6 cm³/mol. The number of carboxylic acid groups (broad SMARTS) is 1. The van der Waals surface area contributed by atoms with Gasteiger partial charge < -0.3 is 10.4 Å². The second-order valence-electron chi connectivity index (χ2n) is 4.37. The van der Waals surface area contributed by atoms with Gasteiger partial charge in [-0.05, 0) is 24.3 Å². The van der Waals surface area contributed by atoms with Crippen molar-refractivity contribution in [2.24, 2.45) is 7.05 Å². The van der Waals surface area contributed by atoms with Crippen LogP contribution in [0.15, 0.2) is 36.5 Å². The molecule has 1 amide bonds. The number of carbonyl (C=O) groups excluding carboxylic acids is 1. The normalized spacial score (nSPS) is 10.2. The topological polar surface area (TPSA) is 84.2 Å². The highest BCUT2D eigenvalue weighted by molar-refractivity contribution is 5.97. The number of aryl methyl sites for hydroxylation is 1. The summed E-state index contributed by atoms with van der Waals surface area (Å²) in [5.74, 6) is -1.34. The summed E-state index contributed by atoms with van der Waals surface area (Å²) >= 11 is 0. The summed E-state index contributed by atoms with van der Waals surface area (Å²) in [7, 11) is 1.83. The van der Waals surface area contributed by atoms with E-state index in [9.17, 15) is 9.59 Å².